The molecule has 1 heterocycles. The third kappa shape index (κ3) is 11.6. The van der Waals surface area contributed by atoms with Crippen molar-refractivity contribution in [3.8, 4) is 23.3 Å². The highest BCUT2D eigenvalue weighted by molar-refractivity contribution is 7.94. The first-order valence-electron chi connectivity index (χ1n) is 19.1. The Morgan fingerprint density at radius 1 is 0.603 bits per heavy atom. The zero-order valence-electron chi connectivity index (χ0n) is 35.5. The van der Waals surface area contributed by atoms with E-state index in [9.17, 15) is 36.2 Å². The average Bonchev–Trinajstić information content (AvgIpc) is 3.29. The summed E-state index contributed by atoms with van der Waals surface area (Å²) < 4.78 is 80.3. The number of phenols is 1. The lowest BCUT2D eigenvalue weighted by molar-refractivity contribution is -0.432. The molecule has 0 bridgehead atoms. The molecule has 0 spiro atoms. The van der Waals surface area contributed by atoms with Crippen molar-refractivity contribution in [3.63, 3.8) is 0 Å². The van der Waals surface area contributed by atoms with Crippen LogP contribution in [0.4, 0.5) is 57.4 Å². The molecule has 0 fully saturated rings. The minimum atomic E-state index is -4.49. The smallest absolute Gasteiger partial charge is 0.320 e. The van der Waals surface area contributed by atoms with Gasteiger partial charge < -0.3 is 30.3 Å². The number of aryl methyl sites for hydroxylation is 2. The molecule has 7 rings (SSSR count). The number of hydrogen-bond acceptors (Lipinski definition) is 23. The largest absolute Gasteiger partial charge is 0.505 e. The van der Waals surface area contributed by atoms with Crippen LogP contribution in [-0.2, 0) is 29.6 Å². The molecule has 350 valence electrons. The highest BCUT2D eigenvalue weighted by atomic mass is 32.2. The van der Waals surface area contributed by atoms with Gasteiger partial charge in [0.1, 0.15) is 28.6 Å². The summed E-state index contributed by atoms with van der Waals surface area (Å²) in [4.78, 5) is 11.4. The number of azo groups is 3. The van der Waals surface area contributed by atoms with Crippen LogP contribution in [-0.4, -0.2) is 70.6 Å². The van der Waals surface area contributed by atoms with Gasteiger partial charge in [-0.05, 0) is 109 Å². The van der Waals surface area contributed by atoms with Gasteiger partial charge in [0.2, 0.25) is 11.9 Å². The molecule has 0 radical (unpaired) electrons. The number of nitrogens with one attached hydrogen (secondary N) is 2. The lowest BCUT2D eigenvalue weighted by atomic mass is 10.1. The lowest BCUT2D eigenvalue weighted by Gasteiger charge is -2.12. The zero-order valence-corrected chi connectivity index (χ0v) is 37.9. The van der Waals surface area contributed by atoms with E-state index in [4.69, 9.17) is 19.1 Å². The minimum absolute atomic E-state index is 0.0691. The van der Waals surface area contributed by atoms with Crippen molar-refractivity contribution in [1.29, 1.82) is 0 Å². The Kier molecular flexibility index (Phi) is 14.5. The molecule has 0 aliphatic rings. The van der Waals surface area contributed by atoms with Crippen molar-refractivity contribution in [1.82, 2.24) is 15.0 Å². The molecule has 68 heavy (non-hydrogen) atoms. The van der Waals surface area contributed by atoms with Gasteiger partial charge in [0.25, 0.3) is 20.2 Å². The molecule has 7 N–H and O–H groups in total. The Labute approximate surface area is 389 Å². The number of nitrogens with zero attached hydrogens (tertiary/aromatic N) is 9. The van der Waals surface area contributed by atoms with Gasteiger partial charge in [-0.25, -0.2) is 5.26 Å². The molecule has 0 aliphatic heterocycles. The number of hydrogen-bond donors (Lipinski definition) is 7. The quantitative estimate of drug-likeness (QED) is 0.0146. The number of methoxy groups -OCH3 is 2. The Hall–Kier alpha value is -7.76. The maximum atomic E-state index is 11.6. The Morgan fingerprint density at radius 3 is 1.74 bits per heavy atom. The van der Waals surface area contributed by atoms with Gasteiger partial charge in [-0.3, -0.25) is 9.11 Å². The fraction of sp³-hybridized carbons (Fsp3) is 0.0976. The number of aromatic hydroxyl groups is 2. The Balaban J connectivity index is 1.11. The minimum Gasteiger partial charge on any atom is -0.505 e. The SMILES string of the molecule is COc1cc(N=Nc2ccc(S(=O)(=O)O)cc2)c(C)cc1N=Nc1cc(OC)c(N=Nc2c(SOOO)cc3cc(Nc4nc(O)nc(Nc5cccc(S(=O)(=O)O)c5)n4)ccc3c2O)cc1C. The van der Waals surface area contributed by atoms with E-state index in [2.05, 4.69) is 61.3 Å². The van der Waals surface area contributed by atoms with Gasteiger partial charge in [-0.15, -0.1) is 19.7 Å². The molecule has 1 aromatic heterocycles. The van der Waals surface area contributed by atoms with E-state index in [-0.39, 0.29) is 55.1 Å². The number of benzene rings is 6. The van der Waals surface area contributed by atoms with Crippen molar-refractivity contribution in [2.24, 2.45) is 30.7 Å². The molecule has 6 aromatic carbocycles. The highest BCUT2D eigenvalue weighted by Crippen LogP contribution is 2.46. The summed E-state index contributed by atoms with van der Waals surface area (Å²) in [5, 5.41) is 66.8. The van der Waals surface area contributed by atoms with Gasteiger partial charge >= 0.3 is 6.01 Å². The van der Waals surface area contributed by atoms with Gasteiger partial charge in [-0.1, -0.05) is 11.1 Å². The number of aromatic nitrogens is 3. The van der Waals surface area contributed by atoms with Crippen LogP contribution < -0.4 is 20.1 Å². The van der Waals surface area contributed by atoms with Crippen molar-refractivity contribution < 1.29 is 60.3 Å². The van der Waals surface area contributed by atoms with Crippen molar-refractivity contribution >= 4 is 100 Å². The molecule has 0 amide bonds. The first-order chi connectivity index (χ1) is 32.4. The van der Waals surface area contributed by atoms with E-state index in [1.165, 1.54) is 56.7 Å². The monoisotopic (exact) mass is 985 g/mol. The predicted octanol–water partition coefficient (Wildman–Crippen LogP) is 10.7. The number of fused-ring (bicyclic) bond motifs is 1. The third-order valence-electron chi connectivity index (χ3n) is 9.40. The number of ether oxygens (including phenoxy) is 2. The molecular weight excluding hydrogens is 951 g/mol. The average molecular weight is 986 g/mol. The van der Waals surface area contributed by atoms with Crippen LogP contribution in [0.5, 0.6) is 23.3 Å². The van der Waals surface area contributed by atoms with Crippen molar-refractivity contribution in [2.75, 3.05) is 24.9 Å². The van der Waals surface area contributed by atoms with Crippen LogP contribution in [0.3, 0.4) is 0 Å². The number of anilines is 4. The van der Waals surface area contributed by atoms with Crippen LogP contribution in [0.1, 0.15) is 11.1 Å². The number of rotatable bonds is 17. The second-order valence-electron chi connectivity index (χ2n) is 14.0. The molecule has 27 heteroatoms. The predicted molar refractivity (Wildman–Crippen MR) is 245 cm³/mol. The fourth-order valence-electron chi connectivity index (χ4n) is 6.14. The Bertz CT molecular complexity index is 3380. The Morgan fingerprint density at radius 2 is 1.16 bits per heavy atom. The first kappa shape index (κ1) is 48.2. The van der Waals surface area contributed by atoms with Crippen LogP contribution in [0.15, 0.2) is 142 Å². The third-order valence-corrected chi connectivity index (χ3v) is 11.7. The molecule has 0 saturated heterocycles. The summed E-state index contributed by atoms with van der Waals surface area (Å²) in [6.07, 6.45) is 0. The fourth-order valence-corrected chi connectivity index (χ4v) is 7.64. The highest BCUT2D eigenvalue weighted by Gasteiger charge is 2.18. The van der Waals surface area contributed by atoms with Gasteiger partial charge in [0, 0.05) is 28.9 Å². The summed E-state index contributed by atoms with van der Waals surface area (Å²) >= 11 is 0.516. The topological polar surface area (TPSA) is 343 Å². The van der Waals surface area contributed by atoms with E-state index in [0.717, 1.165) is 6.07 Å². The normalized spacial score (nSPS) is 12.1. The summed E-state index contributed by atoms with van der Waals surface area (Å²) in [7, 11) is -5.98. The molecular formula is C41H35N11O13S3. The van der Waals surface area contributed by atoms with Gasteiger partial charge in [0.15, 0.2) is 5.75 Å². The van der Waals surface area contributed by atoms with Gasteiger partial charge in [-0.2, -0.15) is 47.1 Å². The van der Waals surface area contributed by atoms with Gasteiger partial charge in [0.05, 0.1) is 58.0 Å². The molecule has 0 aliphatic carbocycles. The molecule has 0 saturated carbocycles. The maximum absolute atomic E-state index is 11.6. The van der Waals surface area contributed by atoms with Crippen LogP contribution >= 0.6 is 12.0 Å². The first-order valence-corrected chi connectivity index (χ1v) is 22.8. The van der Waals surface area contributed by atoms with E-state index >= 15 is 0 Å². The summed E-state index contributed by atoms with van der Waals surface area (Å²) in [6, 6.07) is 22.5. The van der Waals surface area contributed by atoms with Crippen LogP contribution in [0, 0.1) is 13.8 Å². The lowest BCUT2D eigenvalue weighted by Crippen LogP contribution is -2.04. The standard InChI is InChI=1S/C41H35N11O13S3/c1-21-14-32(34(62-3)19-30(21)48-47-24-8-11-27(12-9-24)67(56,57)58)50-49-31-20-35(63-4)33(15-22(31)2)51-52-37-36(66-65-64-55)17-23-16-26(10-13-29(23)38(37)53)43-40-44-39(45-41(54)46-40)42-25-6-5-7-28(18-25)68(59,60)61/h5-20,53,55H,1-4H3,(H,56,57,58)(H,59,60,61)(H3,42,43,44,45,46,54). The molecule has 24 nitrogen and oxygen atoms in total. The van der Waals surface area contributed by atoms with E-state index < -0.39 is 26.2 Å². The van der Waals surface area contributed by atoms with E-state index in [1.807, 2.05) is 0 Å². The van der Waals surface area contributed by atoms with E-state index in [0.29, 0.717) is 68.1 Å². The molecule has 0 unspecified atom stereocenters. The van der Waals surface area contributed by atoms with Crippen LogP contribution in [0.25, 0.3) is 10.8 Å². The maximum Gasteiger partial charge on any atom is 0.320 e. The molecule has 0 atom stereocenters. The summed E-state index contributed by atoms with van der Waals surface area (Å²) in [6.45, 7) is 3.54. The number of phenolic OH excluding ortho intramolecular Hbond substituents is 1. The molecule has 7 aromatic rings. The van der Waals surface area contributed by atoms with Crippen LogP contribution in [0.2, 0.25) is 0 Å². The van der Waals surface area contributed by atoms with E-state index in [1.54, 1.807) is 62.4 Å². The summed E-state index contributed by atoms with van der Waals surface area (Å²) in [5.41, 5.74) is 3.58. The second kappa shape index (κ2) is 20.4. The summed E-state index contributed by atoms with van der Waals surface area (Å²) in [5.74, 6) is -0.0488. The van der Waals surface area contributed by atoms with Crippen molar-refractivity contribution in [2.45, 2.75) is 28.5 Å². The van der Waals surface area contributed by atoms with Crippen molar-refractivity contribution in [3.05, 3.63) is 108 Å². The zero-order chi connectivity index (χ0) is 48.8. The second-order valence-corrected chi connectivity index (χ2v) is 17.5.